The lowest BCUT2D eigenvalue weighted by molar-refractivity contribution is -0.121. The SMILES string of the molecule is CCNC(=O)CN(CC)C(=O)c1ccco1. The van der Waals surface area contributed by atoms with Crippen molar-refractivity contribution in [1.82, 2.24) is 10.2 Å². The molecule has 1 aromatic heterocycles. The summed E-state index contributed by atoms with van der Waals surface area (Å²) >= 11 is 0. The average Bonchev–Trinajstić information content (AvgIpc) is 2.78. The van der Waals surface area contributed by atoms with E-state index < -0.39 is 0 Å². The third-order valence-corrected chi connectivity index (χ3v) is 2.11. The highest BCUT2D eigenvalue weighted by molar-refractivity contribution is 5.94. The molecule has 16 heavy (non-hydrogen) atoms. The highest BCUT2D eigenvalue weighted by Crippen LogP contribution is 2.05. The van der Waals surface area contributed by atoms with Gasteiger partial charge in [-0.2, -0.15) is 0 Å². The molecule has 5 nitrogen and oxygen atoms in total. The molecule has 1 N–H and O–H groups in total. The Bertz CT molecular complexity index is 346. The van der Waals surface area contributed by atoms with Gasteiger partial charge >= 0.3 is 0 Å². The molecule has 1 aromatic rings. The van der Waals surface area contributed by atoms with Gasteiger partial charge in [0.15, 0.2) is 5.76 Å². The molecular formula is C11H16N2O3. The van der Waals surface area contributed by atoms with Crippen LogP contribution in [0.1, 0.15) is 24.4 Å². The van der Waals surface area contributed by atoms with E-state index >= 15 is 0 Å². The van der Waals surface area contributed by atoms with Gasteiger partial charge in [-0.05, 0) is 26.0 Å². The Morgan fingerprint density at radius 2 is 2.19 bits per heavy atom. The van der Waals surface area contributed by atoms with Crippen LogP contribution in [0.15, 0.2) is 22.8 Å². The predicted octanol–water partition coefficient (Wildman–Crippen LogP) is 0.878. The highest BCUT2D eigenvalue weighted by atomic mass is 16.3. The number of nitrogens with one attached hydrogen (secondary N) is 1. The average molecular weight is 224 g/mol. The molecular weight excluding hydrogens is 208 g/mol. The Labute approximate surface area is 94.4 Å². The van der Waals surface area contributed by atoms with Gasteiger partial charge in [-0.3, -0.25) is 9.59 Å². The van der Waals surface area contributed by atoms with Gasteiger partial charge < -0.3 is 14.6 Å². The molecule has 88 valence electrons. The number of carbonyl (C=O) groups excluding carboxylic acids is 2. The van der Waals surface area contributed by atoms with E-state index in [4.69, 9.17) is 4.42 Å². The standard InChI is InChI=1S/C11H16N2O3/c1-3-12-10(14)8-13(4-2)11(15)9-6-5-7-16-9/h5-7H,3-4,8H2,1-2H3,(H,12,14). The first kappa shape index (κ1) is 12.3. The largest absolute Gasteiger partial charge is 0.459 e. The van der Waals surface area contributed by atoms with Gasteiger partial charge in [-0.15, -0.1) is 0 Å². The van der Waals surface area contributed by atoms with E-state index in [1.165, 1.54) is 11.2 Å². The lowest BCUT2D eigenvalue weighted by Gasteiger charge is -2.18. The van der Waals surface area contributed by atoms with Gasteiger partial charge in [0.2, 0.25) is 5.91 Å². The van der Waals surface area contributed by atoms with Gasteiger partial charge in [-0.1, -0.05) is 0 Å². The number of carbonyl (C=O) groups is 2. The number of rotatable bonds is 5. The van der Waals surface area contributed by atoms with Crippen LogP contribution in [-0.4, -0.2) is 36.3 Å². The minimum atomic E-state index is -0.265. The van der Waals surface area contributed by atoms with E-state index in [1.54, 1.807) is 12.1 Å². The number of nitrogens with zero attached hydrogens (tertiary/aromatic N) is 1. The van der Waals surface area contributed by atoms with Crippen molar-refractivity contribution < 1.29 is 14.0 Å². The molecule has 0 fully saturated rings. The van der Waals surface area contributed by atoms with Crippen molar-refractivity contribution in [3.8, 4) is 0 Å². The van der Waals surface area contributed by atoms with E-state index in [1.807, 2.05) is 13.8 Å². The second-order valence-electron chi connectivity index (χ2n) is 3.25. The molecule has 0 aliphatic carbocycles. The molecule has 2 amide bonds. The van der Waals surface area contributed by atoms with Crippen molar-refractivity contribution in [1.29, 1.82) is 0 Å². The third kappa shape index (κ3) is 3.12. The number of amides is 2. The first-order valence-corrected chi connectivity index (χ1v) is 5.28. The molecule has 0 aromatic carbocycles. The maximum absolute atomic E-state index is 11.8. The zero-order valence-corrected chi connectivity index (χ0v) is 9.53. The monoisotopic (exact) mass is 224 g/mol. The normalized spacial score (nSPS) is 9.88. The van der Waals surface area contributed by atoms with E-state index in [0.717, 1.165) is 0 Å². The fourth-order valence-electron chi connectivity index (χ4n) is 1.31. The summed E-state index contributed by atoms with van der Waals surface area (Å²) in [5.41, 5.74) is 0. The molecule has 1 heterocycles. The Morgan fingerprint density at radius 3 is 2.69 bits per heavy atom. The van der Waals surface area contributed by atoms with Crippen LogP contribution < -0.4 is 5.32 Å². The summed E-state index contributed by atoms with van der Waals surface area (Å²) in [6, 6.07) is 3.23. The molecule has 0 spiro atoms. The second kappa shape index (κ2) is 5.95. The van der Waals surface area contributed by atoms with E-state index in [9.17, 15) is 9.59 Å². The predicted molar refractivity (Wildman–Crippen MR) is 59.0 cm³/mol. The van der Waals surface area contributed by atoms with Crippen LogP contribution in [0.5, 0.6) is 0 Å². The van der Waals surface area contributed by atoms with Crippen molar-refractivity contribution in [2.45, 2.75) is 13.8 Å². The lowest BCUT2D eigenvalue weighted by Crippen LogP contribution is -2.40. The summed E-state index contributed by atoms with van der Waals surface area (Å²) in [6.07, 6.45) is 1.44. The number of furan rings is 1. The maximum atomic E-state index is 11.8. The smallest absolute Gasteiger partial charge is 0.290 e. The minimum Gasteiger partial charge on any atom is -0.459 e. The molecule has 0 saturated heterocycles. The summed E-state index contributed by atoms with van der Waals surface area (Å²) < 4.78 is 5.00. The van der Waals surface area contributed by atoms with Gasteiger partial charge in [-0.25, -0.2) is 0 Å². The van der Waals surface area contributed by atoms with E-state index in [-0.39, 0.29) is 24.1 Å². The summed E-state index contributed by atoms with van der Waals surface area (Å²) in [7, 11) is 0. The van der Waals surface area contributed by atoms with Crippen molar-refractivity contribution in [3.05, 3.63) is 24.2 Å². The van der Waals surface area contributed by atoms with Crippen LogP contribution in [-0.2, 0) is 4.79 Å². The molecule has 1 rings (SSSR count). The van der Waals surface area contributed by atoms with Crippen LogP contribution in [0, 0.1) is 0 Å². The summed E-state index contributed by atoms with van der Waals surface area (Å²) in [4.78, 5) is 24.6. The van der Waals surface area contributed by atoms with Crippen molar-refractivity contribution in [3.63, 3.8) is 0 Å². The highest BCUT2D eigenvalue weighted by Gasteiger charge is 2.18. The van der Waals surface area contributed by atoms with E-state index in [2.05, 4.69) is 5.32 Å². The first-order chi connectivity index (χ1) is 7.69. The second-order valence-corrected chi connectivity index (χ2v) is 3.25. The number of likely N-dealkylation sites (N-methyl/N-ethyl adjacent to an activating group) is 2. The maximum Gasteiger partial charge on any atom is 0.290 e. The van der Waals surface area contributed by atoms with Crippen LogP contribution in [0.25, 0.3) is 0 Å². The van der Waals surface area contributed by atoms with Gasteiger partial charge in [0.05, 0.1) is 12.8 Å². The topological polar surface area (TPSA) is 62.6 Å². The van der Waals surface area contributed by atoms with Crippen LogP contribution >= 0.6 is 0 Å². The Hall–Kier alpha value is -1.78. The lowest BCUT2D eigenvalue weighted by atomic mass is 10.3. The molecule has 0 aliphatic rings. The van der Waals surface area contributed by atoms with Crippen LogP contribution in [0.2, 0.25) is 0 Å². The van der Waals surface area contributed by atoms with Gasteiger partial charge in [0, 0.05) is 13.1 Å². The fourth-order valence-corrected chi connectivity index (χ4v) is 1.31. The summed E-state index contributed by atoms with van der Waals surface area (Å²) in [5, 5.41) is 2.65. The third-order valence-electron chi connectivity index (χ3n) is 2.11. The molecule has 5 heteroatoms. The fraction of sp³-hybridized carbons (Fsp3) is 0.455. The minimum absolute atomic E-state index is 0.0594. The van der Waals surface area contributed by atoms with Gasteiger partial charge in [0.25, 0.3) is 5.91 Å². The molecule has 0 bridgehead atoms. The van der Waals surface area contributed by atoms with Crippen LogP contribution in [0.3, 0.4) is 0 Å². The summed E-state index contributed by atoms with van der Waals surface area (Å²) in [6.45, 7) is 4.74. The van der Waals surface area contributed by atoms with Crippen molar-refractivity contribution in [2.75, 3.05) is 19.6 Å². The van der Waals surface area contributed by atoms with Gasteiger partial charge in [0.1, 0.15) is 0 Å². The molecule has 0 radical (unpaired) electrons. The Morgan fingerprint density at radius 1 is 1.44 bits per heavy atom. The van der Waals surface area contributed by atoms with Crippen molar-refractivity contribution in [2.24, 2.45) is 0 Å². The quantitative estimate of drug-likeness (QED) is 0.807. The first-order valence-electron chi connectivity index (χ1n) is 5.28. The van der Waals surface area contributed by atoms with E-state index in [0.29, 0.717) is 13.1 Å². The molecule has 0 unspecified atom stereocenters. The molecule has 0 atom stereocenters. The number of hydrogen-bond acceptors (Lipinski definition) is 3. The summed E-state index contributed by atoms with van der Waals surface area (Å²) in [5.74, 6) is -0.172. The number of hydrogen-bond donors (Lipinski definition) is 1. The zero-order valence-electron chi connectivity index (χ0n) is 9.53. The van der Waals surface area contributed by atoms with Crippen molar-refractivity contribution >= 4 is 11.8 Å². The zero-order chi connectivity index (χ0) is 12.0. The molecule has 0 saturated carbocycles. The van der Waals surface area contributed by atoms with Crippen LogP contribution in [0.4, 0.5) is 0 Å². The Kier molecular flexibility index (Phi) is 4.57. The Balaban J connectivity index is 2.61. The molecule has 0 aliphatic heterocycles.